The maximum atomic E-state index is 14.2. The van der Waals surface area contributed by atoms with Gasteiger partial charge in [-0.15, -0.1) is 0 Å². The fourth-order valence-corrected chi connectivity index (χ4v) is 2.45. The molecule has 0 saturated heterocycles. The highest BCUT2D eigenvalue weighted by Gasteiger charge is 2.15. The number of halogens is 1. The Balaban J connectivity index is 2.45. The third-order valence-corrected chi connectivity index (χ3v) is 3.74. The van der Waals surface area contributed by atoms with Gasteiger partial charge < -0.3 is 5.32 Å². The lowest BCUT2D eigenvalue weighted by Crippen LogP contribution is -2.17. The molecule has 4 heteroatoms. The van der Waals surface area contributed by atoms with Crippen molar-refractivity contribution in [1.82, 2.24) is 15.1 Å². The summed E-state index contributed by atoms with van der Waals surface area (Å²) in [7, 11) is 0. The Morgan fingerprint density at radius 3 is 2.52 bits per heavy atom. The van der Waals surface area contributed by atoms with Gasteiger partial charge in [0, 0.05) is 29.4 Å². The van der Waals surface area contributed by atoms with E-state index in [-0.39, 0.29) is 17.9 Å². The Bertz CT molecular complexity index is 616. The molecule has 1 unspecified atom stereocenters. The third-order valence-electron chi connectivity index (χ3n) is 3.74. The first-order valence-corrected chi connectivity index (χ1v) is 7.53. The van der Waals surface area contributed by atoms with Crippen LogP contribution in [0.1, 0.15) is 51.0 Å². The number of hydrogen-bond donors (Lipinski definition) is 1. The van der Waals surface area contributed by atoms with Crippen LogP contribution in [0.4, 0.5) is 4.39 Å². The van der Waals surface area contributed by atoms with Crippen LogP contribution in [0.3, 0.4) is 0 Å². The lowest BCUT2D eigenvalue weighted by atomic mass is 10.00. The van der Waals surface area contributed by atoms with Crippen molar-refractivity contribution in [2.45, 2.75) is 46.7 Å². The summed E-state index contributed by atoms with van der Waals surface area (Å²) < 4.78 is 16.1. The van der Waals surface area contributed by atoms with Crippen molar-refractivity contribution >= 4 is 0 Å². The molecule has 3 nitrogen and oxygen atoms in total. The molecule has 1 atom stereocenters. The minimum absolute atomic E-state index is 0.200. The molecule has 1 aromatic heterocycles. The van der Waals surface area contributed by atoms with Crippen LogP contribution in [-0.4, -0.2) is 16.3 Å². The van der Waals surface area contributed by atoms with Gasteiger partial charge in [-0.05, 0) is 51.9 Å². The molecule has 0 aliphatic carbocycles. The monoisotopic (exact) mass is 289 g/mol. The highest BCUT2D eigenvalue weighted by molar-refractivity contribution is 5.66. The molecule has 0 fully saturated rings. The Labute approximate surface area is 126 Å². The van der Waals surface area contributed by atoms with Gasteiger partial charge in [-0.1, -0.05) is 13.0 Å². The van der Waals surface area contributed by atoms with Crippen LogP contribution in [-0.2, 0) is 0 Å². The van der Waals surface area contributed by atoms with Gasteiger partial charge in [0.1, 0.15) is 5.82 Å². The third kappa shape index (κ3) is 3.32. The number of hydrogen-bond acceptors (Lipinski definition) is 2. The smallest absolute Gasteiger partial charge is 0.131 e. The molecule has 114 valence electrons. The Morgan fingerprint density at radius 1 is 1.24 bits per heavy atom. The van der Waals surface area contributed by atoms with Crippen LogP contribution in [0.2, 0.25) is 0 Å². The number of nitrogens with zero attached hydrogens (tertiary/aromatic N) is 2. The summed E-state index contributed by atoms with van der Waals surface area (Å²) in [6, 6.07) is 5.79. The SMILES string of the molecule is CCNC(C)c1ccc(F)c(-c2cn(C(C)C)nc2C)c1. The Kier molecular flexibility index (Phi) is 4.78. The van der Waals surface area contributed by atoms with E-state index in [2.05, 4.69) is 38.1 Å². The lowest BCUT2D eigenvalue weighted by Gasteiger charge is -2.14. The van der Waals surface area contributed by atoms with Gasteiger partial charge in [-0.3, -0.25) is 4.68 Å². The fraction of sp³-hybridized carbons (Fsp3) is 0.471. The van der Waals surface area contributed by atoms with Gasteiger partial charge >= 0.3 is 0 Å². The van der Waals surface area contributed by atoms with E-state index in [4.69, 9.17) is 0 Å². The second-order valence-corrected chi connectivity index (χ2v) is 5.72. The van der Waals surface area contributed by atoms with E-state index in [9.17, 15) is 4.39 Å². The molecule has 0 bridgehead atoms. The zero-order valence-electron chi connectivity index (χ0n) is 13.4. The molecule has 0 spiro atoms. The van der Waals surface area contributed by atoms with Crippen LogP contribution in [0.5, 0.6) is 0 Å². The molecule has 0 saturated carbocycles. The largest absolute Gasteiger partial charge is 0.310 e. The van der Waals surface area contributed by atoms with Crippen LogP contribution < -0.4 is 5.32 Å². The summed E-state index contributed by atoms with van der Waals surface area (Å²) in [6.07, 6.45) is 1.93. The van der Waals surface area contributed by atoms with E-state index in [1.54, 1.807) is 6.07 Å². The average Bonchev–Trinajstić information content (AvgIpc) is 2.82. The van der Waals surface area contributed by atoms with E-state index in [0.29, 0.717) is 5.56 Å². The summed E-state index contributed by atoms with van der Waals surface area (Å²) >= 11 is 0. The molecule has 1 heterocycles. The summed E-state index contributed by atoms with van der Waals surface area (Å²) in [5.41, 5.74) is 3.44. The topological polar surface area (TPSA) is 29.9 Å². The normalized spacial score (nSPS) is 12.9. The maximum Gasteiger partial charge on any atom is 0.131 e. The van der Waals surface area contributed by atoms with E-state index in [0.717, 1.165) is 23.4 Å². The number of nitrogens with one attached hydrogen (secondary N) is 1. The van der Waals surface area contributed by atoms with Crippen molar-refractivity contribution in [3.05, 3.63) is 41.5 Å². The molecule has 2 rings (SSSR count). The Hall–Kier alpha value is -1.68. The van der Waals surface area contributed by atoms with Gasteiger partial charge in [-0.25, -0.2) is 4.39 Å². The zero-order chi connectivity index (χ0) is 15.6. The van der Waals surface area contributed by atoms with Gasteiger partial charge in [0.15, 0.2) is 0 Å². The van der Waals surface area contributed by atoms with Gasteiger partial charge in [-0.2, -0.15) is 5.10 Å². The second-order valence-electron chi connectivity index (χ2n) is 5.72. The second kappa shape index (κ2) is 6.39. The van der Waals surface area contributed by atoms with Crippen molar-refractivity contribution in [2.75, 3.05) is 6.54 Å². The number of benzene rings is 1. The molecule has 0 amide bonds. The highest BCUT2D eigenvalue weighted by atomic mass is 19.1. The van der Waals surface area contributed by atoms with Crippen LogP contribution in [0.25, 0.3) is 11.1 Å². The van der Waals surface area contributed by atoms with Gasteiger partial charge in [0.25, 0.3) is 0 Å². The number of aryl methyl sites for hydroxylation is 1. The van der Waals surface area contributed by atoms with Crippen molar-refractivity contribution in [3.8, 4) is 11.1 Å². The first-order valence-electron chi connectivity index (χ1n) is 7.53. The molecule has 0 radical (unpaired) electrons. The molecule has 0 aliphatic heterocycles. The summed E-state index contributed by atoms with van der Waals surface area (Å²) in [5.74, 6) is -0.200. The van der Waals surface area contributed by atoms with Crippen molar-refractivity contribution in [2.24, 2.45) is 0 Å². The minimum atomic E-state index is -0.200. The van der Waals surface area contributed by atoms with E-state index >= 15 is 0 Å². The van der Waals surface area contributed by atoms with E-state index < -0.39 is 0 Å². The van der Waals surface area contributed by atoms with Crippen LogP contribution in [0.15, 0.2) is 24.4 Å². The van der Waals surface area contributed by atoms with Crippen LogP contribution in [0, 0.1) is 12.7 Å². The predicted octanol–water partition coefficient (Wildman–Crippen LogP) is 4.25. The van der Waals surface area contributed by atoms with Crippen molar-refractivity contribution < 1.29 is 4.39 Å². The van der Waals surface area contributed by atoms with Gasteiger partial charge in [0.2, 0.25) is 0 Å². The molecule has 1 N–H and O–H groups in total. The Morgan fingerprint density at radius 2 is 1.95 bits per heavy atom. The summed E-state index contributed by atoms with van der Waals surface area (Å²) in [5, 5.41) is 7.83. The van der Waals surface area contributed by atoms with Gasteiger partial charge in [0.05, 0.1) is 5.69 Å². The minimum Gasteiger partial charge on any atom is -0.310 e. The van der Waals surface area contributed by atoms with Crippen molar-refractivity contribution in [3.63, 3.8) is 0 Å². The van der Waals surface area contributed by atoms with E-state index in [1.807, 2.05) is 29.9 Å². The quantitative estimate of drug-likeness (QED) is 0.891. The zero-order valence-corrected chi connectivity index (χ0v) is 13.4. The lowest BCUT2D eigenvalue weighted by molar-refractivity contribution is 0.529. The first-order chi connectivity index (χ1) is 9.93. The summed E-state index contributed by atoms with van der Waals surface area (Å²) in [4.78, 5) is 0. The predicted molar refractivity (Wildman–Crippen MR) is 84.8 cm³/mol. The first kappa shape index (κ1) is 15.7. The summed E-state index contributed by atoms with van der Waals surface area (Å²) in [6.45, 7) is 11.1. The molecule has 2 aromatic rings. The van der Waals surface area contributed by atoms with E-state index in [1.165, 1.54) is 0 Å². The molecule has 21 heavy (non-hydrogen) atoms. The molecular weight excluding hydrogens is 265 g/mol. The van der Waals surface area contributed by atoms with Crippen molar-refractivity contribution in [1.29, 1.82) is 0 Å². The molecular formula is C17H24FN3. The maximum absolute atomic E-state index is 14.2. The standard InChI is InChI=1S/C17H24FN3/c1-6-19-12(4)14-7-8-17(18)15(9-14)16-10-21(11(2)3)20-13(16)5/h7-12,19H,6H2,1-5H3. The number of aromatic nitrogens is 2. The number of rotatable bonds is 5. The molecule has 1 aromatic carbocycles. The average molecular weight is 289 g/mol. The highest BCUT2D eigenvalue weighted by Crippen LogP contribution is 2.29. The van der Waals surface area contributed by atoms with Crippen LogP contribution >= 0.6 is 0 Å². The fourth-order valence-electron chi connectivity index (χ4n) is 2.45. The molecule has 0 aliphatic rings.